The molecule has 1 fully saturated rings. The highest BCUT2D eigenvalue weighted by Gasteiger charge is 2.35. The molecule has 5 rings (SSSR count). The number of likely N-dealkylation sites (N-methyl/N-ethyl adjacent to an activating group) is 1. The van der Waals surface area contributed by atoms with E-state index in [9.17, 15) is 14.4 Å². The van der Waals surface area contributed by atoms with E-state index in [4.69, 9.17) is 21.1 Å². The minimum Gasteiger partial charge on any atom is -0.457 e. The van der Waals surface area contributed by atoms with Gasteiger partial charge in [-0.1, -0.05) is 35.9 Å². The number of H-pyrrole nitrogens is 1. The fourth-order valence-electron chi connectivity index (χ4n) is 4.96. The highest BCUT2D eigenvalue weighted by Crippen LogP contribution is 2.26. The maximum atomic E-state index is 13.2. The number of carbonyl (C=O) groups is 3. The molecule has 11 heteroatoms. The first-order valence-corrected chi connectivity index (χ1v) is 13.6. The van der Waals surface area contributed by atoms with Crippen LogP contribution in [0.2, 0.25) is 5.02 Å². The number of rotatable bonds is 1. The summed E-state index contributed by atoms with van der Waals surface area (Å²) in [5.74, 6) is 0.567. The molecule has 10 nitrogen and oxygen atoms in total. The van der Waals surface area contributed by atoms with E-state index in [0.29, 0.717) is 43.2 Å². The summed E-state index contributed by atoms with van der Waals surface area (Å²) < 4.78 is 12.4. The van der Waals surface area contributed by atoms with E-state index in [1.165, 1.54) is 4.90 Å². The maximum absolute atomic E-state index is 13.2. The molecule has 3 aromatic rings. The van der Waals surface area contributed by atoms with Crippen molar-refractivity contribution in [2.75, 3.05) is 26.7 Å². The molecule has 2 atom stereocenters. The average molecular weight is 566 g/mol. The van der Waals surface area contributed by atoms with Crippen LogP contribution >= 0.6 is 11.6 Å². The normalized spacial score (nSPS) is 20.6. The largest absolute Gasteiger partial charge is 0.457 e. The first kappa shape index (κ1) is 27.7. The zero-order valence-corrected chi connectivity index (χ0v) is 23.2. The summed E-state index contributed by atoms with van der Waals surface area (Å²) in [6.45, 7) is 2.56. The number of aromatic nitrogens is 2. The molecule has 210 valence electrons. The van der Waals surface area contributed by atoms with E-state index < -0.39 is 6.04 Å². The standard InChI is InChI=1S/C29H32ClN5O5/c1-18-27(30)28(33-32-18)29(38)35-12-11-24-23(15-35)31-25(36)16-34(2)26(37)10-9-19-5-3-7-21(13-19)40-22-8-4-6-20(14-22)17-39-24/h3-8,13-14,23-24H,9-12,15-17H2,1-2H3,(H,31,36)(H,32,33)/t23-,24+/m0/s1. The molecule has 3 heterocycles. The first-order valence-electron chi connectivity index (χ1n) is 13.3. The predicted molar refractivity (Wildman–Crippen MR) is 148 cm³/mol. The Balaban J connectivity index is 1.37. The number of ether oxygens (including phenoxy) is 2. The highest BCUT2D eigenvalue weighted by molar-refractivity contribution is 6.34. The summed E-state index contributed by atoms with van der Waals surface area (Å²) in [5.41, 5.74) is 2.64. The highest BCUT2D eigenvalue weighted by atomic mass is 35.5. The van der Waals surface area contributed by atoms with E-state index in [1.807, 2.05) is 48.5 Å². The lowest BCUT2D eigenvalue weighted by Crippen LogP contribution is -2.58. The van der Waals surface area contributed by atoms with Crippen molar-refractivity contribution in [1.82, 2.24) is 25.3 Å². The number of likely N-dealkylation sites (tertiary alicyclic amines) is 1. The number of aryl methyl sites for hydroxylation is 2. The fraction of sp³-hybridized carbons (Fsp3) is 0.379. The van der Waals surface area contributed by atoms with Gasteiger partial charge in [-0.15, -0.1) is 0 Å². The molecular formula is C29H32ClN5O5. The van der Waals surface area contributed by atoms with Crippen molar-refractivity contribution in [2.45, 2.75) is 44.9 Å². The van der Waals surface area contributed by atoms with Gasteiger partial charge in [0.25, 0.3) is 5.91 Å². The van der Waals surface area contributed by atoms with Gasteiger partial charge < -0.3 is 24.6 Å². The van der Waals surface area contributed by atoms with Gasteiger partial charge in [0.05, 0.1) is 36.0 Å². The number of nitrogens with zero attached hydrogens (tertiary/aromatic N) is 3. The molecule has 2 aliphatic heterocycles. The lowest BCUT2D eigenvalue weighted by molar-refractivity contribution is -0.135. The number of nitrogens with one attached hydrogen (secondary N) is 2. The van der Waals surface area contributed by atoms with Crippen molar-refractivity contribution < 1.29 is 23.9 Å². The molecule has 1 saturated heterocycles. The van der Waals surface area contributed by atoms with E-state index in [2.05, 4.69) is 15.5 Å². The van der Waals surface area contributed by atoms with Gasteiger partial charge in [-0.25, -0.2) is 0 Å². The van der Waals surface area contributed by atoms with Crippen LogP contribution in [-0.2, 0) is 27.4 Å². The van der Waals surface area contributed by atoms with Crippen LogP contribution in [0.15, 0.2) is 48.5 Å². The number of hydrogen-bond donors (Lipinski definition) is 2. The topological polar surface area (TPSA) is 117 Å². The fourth-order valence-corrected chi connectivity index (χ4v) is 5.13. The number of aromatic amines is 1. The van der Waals surface area contributed by atoms with Crippen LogP contribution in [0.5, 0.6) is 11.5 Å². The van der Waals surface area contributed by atoms with Gasteiger partial charge in [0, 0.05) is 26.6 Å². The Morgan fingerprint density at radius 3 is 2.52 bits per heavy atom. The summed E-state index contributed by atoms with van der Waals surface area (Å²) in [7, 11) is 1.61. The summed E-state index contributed by atoms with van der Waals surface area (Å²) in [4.78, 5) is 42.1. The third kappa shape index (κ3) is 6.46. The zero-order chi connectivity index (χ0) is 28.2. The molecule has 0 saturated carbocycles. The molecule has 0 unspecified atom stereocenters. The zero-order valence-electron chi connectivity index (χ0n) is 22.5. The van der Waals surface area contributed by atoms with Gasteiger partial charge in [-0.3, -0.25) is 19.5 Å². The number of fused-ring (bicyclic) bond motifs is 5. The number of piperidine rings is 1. The van der Waals surface area contributed by atoms with Crippen LogP contribution in [0.4, 0.5) is 0 Å². The quantitative estimate of drug-likeness (QED) is 0.466. The third-order valence-corrected chi connectivity index (χ3v) is 7.65. The van der Waals surface area contributed by atoms with Crippen molar-refractivity contribution in [1.29, 1.82) is 0 Å². The second kappa shape index (κ2) is 12.1. The van der Waals surface area contributed by atoms with Gasteiger partial charge in [0.1, 0.15) is 11.5 Å². The number of hydrogen-bond acceptors (Lipinski definition) is 6. The molecular weight excluding hydrogens is 534 g/mol. The number of benzene rings is 2. The van der Waals surface area contributed by atoms with E-state index in [1.54, 1.807) is 18.9 Å². The molecule has 2 aliphatic rings. The van der Waals surface area contributed by atoms with Crippen LogP contribution in [0.1, 0.15) is 40.2 Å². The second-order valence-corrected chi connectivity index (χ2v) is 10.6. The van der Waals surface area contributed by atoms with Crippen LogP contribution in [0.3, 0.4) is 0 Å². The smallest absolute Gasteiger partial charge is 0.275 e. The van der Waals surface area contributed by atoms with Crippen molar-refractivity contribution in [3.63, 3.8) is 0 Å². The van der Waals surface area contributed by atoms with Crippen LogP contribution in [-0.4, -0.2) is 76.5 Å². The lowest BCUT2D eigenvalue weighted by Gasteiger charge is -2.38. The molecule has 0 spiro atoms. The Labute approximate surface area is 237 Å². The Kier molecular flexibility index (Phi) is 8.37. The molecule has 40 heavy (non-hydrogen) atoms. The van der Waals surface area contributed by atoms with Crippen LogP contribution < -0.4 is 10.1 Å². The van der Waals surface area contributed by atoms with Crippen LogP contribution in [0.25, 0.3) is 0 Å². The number of carbonyl (C=O) groups excluding carboxylic acids is 3. The van der Waals surface area contributed by atoms with Crippen molar-refractivity contribution >= 4 is 29.3 Å². The van der Waals surface area contributed by atoms with Crippen molar-refractivity contribution in [3.8, 4) is 11.5 Å². The molecule has 1 aromatic heterocycles. The first-order chi connectivity index (χ1) is 19.3. The lowest BCUT2D eigenvalue weighted by atomic mass is 10.0. The van der Waals surface area contributed by atoms with Crippen molar-refractivity contribution in [3.05, 3.63) is 76.1 Å². The molecule has 4 bridgehead atoms. The van der Waals surface area contributed by atoms with Crippen LogP contribution in [0, 0.1) is 6.92 Å². The van der Waals surface area contributed by atoms with Gasteiger partial charge in [-0.05, 0) is 55.2 Å². The minimum absolute atomic E-state index is 0.106. The van der Waals surface area contributed by atoms with Gasteiger partial charge in [0.2, 0.25) is 11.8 Å². The average Bonchev–Trinajstić information content (AvgIpc) is 3.28. The Morgan fingerprint density at radius 2 is 1.80 bits per heavy atom. The van der Waals surface area contributed by atoms with Gasteiger partial charge >= 0.3 is 0 Å². The van der Waals surface area contributed by atoms with E-state index in [-0.39, 0.29) is 54.1 Å². The predicted octanol–water partition coefficient (Wildman–Crippen LogP) is 3.48. The second-order valence-electron chi connectivity index (χ2n) is 10.2. The summed E-state index contributed by atoms with van der Waals surface area (Å²) >= 11 is 6.28. The minimum atomic E-state index is -0.495. The Hall–Kier alpha value is -3.89. The molecule has 2 N–H and O–H groups in total. The SMILES string of the molecule is Cc1[nH]nc(C(=O)N2CC[C@H]3OCc4cccc(c4)Oc4cccc(c4)CCC(=O)N(C)CC(=O)N[C@H]3C2)c1Cl. The Bertz CT molecular complexity index is 1410. The summed E-state index contributed by atoms with van der Waals surface area (Å²) in [5, 5.41) is 10.1. The summed E-state index contributed by atoms with van der Waals surface area (Å²) in [6.07, 6.45) is 0.914. The molecule has 2 aromatic carbocycles. The molecule has 3 amide bonds. The molecule has 0 radical (unpaired) electrons. The number of halogens is 1. The third-order valence-electron chi connectivity index (χ3n) is 7.19. The summed E-state index contributed by atoms with van der Waals surface area (Å²) in [6, 6.07) is 14.8. The monoisotopic (exact) mass is 565 g/mol. The number of amides is 3. The van der Waals surface area contributed by atoms with E-state index >= 15 is 0 Å². The van der Waals surface area contributed by atoms with Gasteiger partial charge in [0.15, 0.2) is 5.69 Å². The van der Waals surface area contributed by atoms with Gasteiger partial charge in [-0.2, -0.15) is 5.10 Å². The van der Waals surface area contributed by atoms with Crippen molar-refractivity contribution in [2.24, 2.45) is 0 Å². The Morgan fingerprint density at radius 1 is 1.07 bits per heavy atom. The maximum Gasteiger partial charge on any atom is 0.275 e. The van der Waals surface area contributed by atoms with E-state index in [0.717, 1.165) is 11.1 Å². The molecule has 0 aliphatic carbocycles.